The Morgan fingerprint density at radius 3 is 2.67 bits per heavy atom. The molecule has 3 rings (SSSR count). The molecular weight excluding hydrogens is 278 g/mol. The van der Waals surface area contributed by atoms with Crippen molar-refractivity contribution < 1.29 is 18.5 Å². The molecule has 21 heavy (non-hydrogen) atoms. The lowest BCUT2D eigenvalue weighted by molar-refractivity contribution is -0.384. The number of hydrogen-bond donors (Lipinski definition) is 0. The molecule has 8 nitrogen and oxygen atoms in total. The third-order valence-corrected chi connectivity index (χ3v) is 2.61. The molecule has 0 aliphatic heterocycles. The van der Waals surface area contributed by atoms with Crippen molar-refractivity contribution in [3.8, 4) is 17.4 Å². The fourth-order valence-electron chi connectivity index (χ4n) is 1.62. The van der Waals surface area contributed by atoms with E-state index >= 15 is 0 Å². The number of non-ortho nitro benzene ring substituents is 1. The highest BCUT2D eigenvalue weighted by Crippen LogP contribution is 2.20. The van der Waals surface area contributed by atoms with Gasteiger partial charge in [0.15, 0.2) is 12.4 Å². The average Bonchev–Trinajstić information content (AvgIpc) is 3.16. The lowest BCUT2D eigenvalue weighted by Crippen LogP contribution is -1.96. The molecule has 2 aromatic heterocycles. The summed E-state index contributed by atoms with van der Waals surface area (Å²) in [6.07, 6.45) is 1.51. The van der Waals surface area contributed by atoms with Crippen molar-refractivity contribution in [1.29, 1.82) is 0 Å². The molecule has 0 N–H and O–H groups in total. The second-order valence-electron chi connectivity index (χ2n) is 4.02. The molecule has 2 heterocycles. The van der Waals surface area contributed by atoms with Crippen LogP contribution < -0.4 is 4.74 Å². The lowest BCUT2D eigenvalue weighted by atomic mass is 10.3. The van der Waals surface area contributed by atoms with E-state index in [-0.39, 0.29) is 24.1 Å². The van der Waals surface area contributed by atoms with E-state index in [4.69, 9.17) is 13.6 Å². The van der Waals surface area contributed by atoms with Gasteiger partial charge in [-0.2, -0.15) is 0 Å². The van der Waals surface area contributed by atoms with Gasteiger partial charge in [-0.3, -0.25) is 10.1 Å². The lowest BCUT2D eigenvalue weighted by Gasteiger charge is -2.02. The molecule has 0 amide bonds. The molecule has 1 aromatic carbocycles. The number of furan rings is 1. The summed E-state index contributed by atoms with van der Waals surface area (Å²) in [4.78, 5) is 10.1. The third-order valence-electron chi connectivity index (χ3n) is 2.61. The highest BCUT2D eigenvalue weighted by atomic mass is 16.6. The molecular formula is C13H9N3O5. The van der Waals surface area contributed by atoms with E-state index in [1.54, 1.807) is 12.1 Å². The zero-order valence-electron chi connectivity index (χ0n) is 10.6. The first-order valence-corrected chi connectivity index (χ1v) is 5.96. The molecule has 8 heteroatoms. The standard InChI is InChI=1S/C13H9N3O5/c17-16(18)9-3-5-10(6-4-9)20-8-12-14-15-13(21-12)11-2-1-7-19-11/h1-7H,8H2. The van der Waals surface area contributed by atoms with E-state index in [2.05, 4.69) is 10.2 Å². The van der Waals surface area contributed by atoms with Gasteiger partial charge in [0.1, 0.15) is 5.75 Å². The van der Waals surface area contributed by atoms with Crippen LogP contribution in [0.1, 0.15) is 5.89 Å². The summed E-state index contributed by atoms with van der Waals surface area (Å²) in [6.45, 7) is 0.0610. The van der Waals surface area contributed by atoms with Gasteiger partial charge in [0.25, 0.3) is 17.5 Å². The molecule has 0 saturated heterocycles. The highest BCUT2D eigenvalue weighted by Gasteiger charge is 2.11. The number of aromatic nitrogens is 2. The van der Waals surface area contributed by atoms with Gasteiger partial charge in [-0.1, -0.05) is 0 Å². The number of nitro groups is 1. The monoisotopic (exact) mass is 287 g/mol. The molecule has 0 bridgehead atoms. The van der Waals surface area contributed by atoms with Gasteiger partial charge in [-0.25, -0.2) is 0 Å². The van der Waals surface area contributed by atoms with E-state index in [1.807, 2.05) is 0 Å². The summed E-state index contributed by atoms with van der Waals surface area (Å²) in [7, 11) is 0. The number of benzene rings is 1. The van der Waals surface area contributed by atoms with Crippen LogP contribution >= 0.6 is 0 Å². The van der Waals surface area contributed by atoms with Gasteiger partial charge in [-0.05, 0) is 24.3 Å². The summed E-state index contributed by atoms with van der Waals surface area (Å²) in [5, 5.41) is 18.2. The van der Waals surface area contributed by atoms with E-state index in [0.29, 0.717) is 11.5 Å². The van der Waals surface area contributed by atoms with E-state index in [9.17, 15) is 10.1 Å². The first kappa shape index (κ1) is 12.9. The molecule has 0 aliphatic carbocycles. The van der Waals surface area contributed by atoms with Crippen LogP contribution in [0.2, 0.25) is 0 Å². The fraction of sp³-hybridized carbons (Fsp3) is 0.0769. The summed E-state index contributed by atoms with van der Waals surface area (Å²) < 4.78 is 15.9. The van der Waals surface area contributed by atoms with Gasteiger partial charge >= 0.3 is 0 Å². The van der Waals surface area contributed by atoms with Crippen molar-refractivity contribution in [3.63, 3.8) is 0 Å². The van der Waals surface area contributed by atoms with Crippen molar-refractivity contribution in [2.24, 2.45) is 0 Å². The normalized spacial score (nSPS) is 10.5. The third kappa shape index (κ3) is 2.89. The first-order valence-electron chi connectivity index (χ1n) is 5.96. The maximum absolute atomic E-state index is 10.5. The molecule has 0 radical (unpaired) electrons. The smallest absolute Gasteiger partial charge is 0.283 e. The molecule has 0 atom stereocenters. The van der Waals surface area contributed by atoms with Gasteiger partial charge in [0, 0.05) is 12.1 Å². The van der Waals surface area contributed by atoms with Crippen LogP contribution in [0.15, 0.2) is 51.5 Å². The second-order valence-corrected chi connectivity index (χ2v) is 4.02. The summed E-state index contributed by atoms with van der Waals surface area (Å²) in [5.74, 6) is 1.49. The minimum atomic E-state index is -0.475. The van der Waals surface area contributed by atoms with E-state index < -0.39 is 4.92 Å². The van der Waals surface area contributed by atoms with Crippen LogP contribution in [0, 0.1) is 10.1 Å². The Balaban J connectivity index is 1.64. The Kier molecular flexibility index (Phi) is 3.34. The van der Waals surface area contributed by atoms with Crippen molar-refractivity contribution in [2.75, 3.05) is 0 Å². The summed E-state index contributed by atoms with van der Waals surface area (Å²) in [6, 6.07) is 9.14. The van der Waals surface area contributed by atoms with Crippen LogP contribution in [0.3, 0.4) is 0 Å². The van der Waals surface area contributed by atoms with Crippen molar-refractivity contribution in [3.05, 3.63) is 58.7 Å². The maximum Gasteiger partial charge on any atom is 0.283 e. The SMILES string of the molecule is O=[N+]([O-])c1ccc(OCc2nnc(-c3ccco3)o2)cc1. The Morgan fingerprint density at radius 2 is 2.00 bits per heavy atom. The van der Waals surface area contributed by atoms with Crippen LogP contribution in [0.25, 0.3) is 11.7 Å². The number of nitrogens with zero attached hydrogens (tertiary/aromatic N) is 3. The van der Waals surface area contributed by atoms with Crippen LogP contribution in [0.5, 0.6) is 5.75 Å². The van der Waals surface area contributed by atoms with Crippen molar-refractivity contribution in [1.82, 2.24) is 10.2 Å². The first-order chi connectivity index (χ1) is 10.2. The number of rotatable bonds is 5. The summed E-state index contributed by atoms with van der Waals surface area (Å²) >= 11 is 0. The minimum absolute atomic E-state index is 0.000228. The molecule has 0 fully saturated rings. The molecule has 3 aromatic rings. The number of nitro benzene ring substituents is 1. The largest absolute Gasteiger partial charge is 0.484 e. The van der Waals surface area contributed by atoms with Crippen LogP contribution in [-0.2, 0) is 6.61 Å². The Hall–Kier alpha value is -3.16. The quantitative estimate of drug-likeness (QED) is 0.524. The molecule has 0 unspecified atom stereocenters. The molecule has 0 saturated carbocycles. The predicted molar refractivity (Wildman–Crippen MR) is 69.4 cm³/mol. The van der Waals surface area contributed by atoms with E-state index in [1.165, 1.54) is 30.5 Å². The molecule has 0 aliphatic rings. The minimum Gasteiger partial charge on any atom is -0.484 e. The summed E-state index contributed by atoms with van der Waals surface area (Å²) in [5.41, 5.74) is 0.000228. The average molecular weight is 287 g/mol. The van der Waals surface area contributed by atoms with Gasteiger partial charge in [0.2, 0.25) is 0 Å². The van der Waals surface area contributed by atoms with E-state index in [0.717, 1.165) is 0 Å². The molecule has 0 spiro atoms. The zero-order chi connectivity index (χ0) is 14.7. The van der Waals surface area contributed by atoms with Crippen LogP contribution in [-0.4, -0.2) is 15.1 Å². The Bertz CT molecular complexity index is 734. The van der Waals surface area contributed by atoms with Crippen LogP contribution in [0.4, 0.5) is 5.69 Å². The number of hydrogen-bond acceptors (Lipinski definition) is 7. The van der Waals surface area contributed by atoms with Gasteiger partial charge < -0.3 is 13.6 Å². The van der Waals surface area contributed by atoms with Gasteiger partial charge in [0.05, 0.1) is 11.2 Å². The number of ether oxygens (including phenoxy) is 1. The Labute approximate surface area is 118 Å². The van der Waals surface area contributed by atoms with Gasteiger partial charge in [-0.15, -0.1) is 10.2 Å². The molecule has 106 valence electrons. The Morgan fingerprint density at radius 1 is 1.19 bits per heavy atom. The zero-order valence-corrected chi connectivity index (χ0v) is 10.6. The maximum atomic E-state index is 10.5. The van der Waals surface area contributed by atoms with Crippen molar-refractivity contribution >= 4 is 5.69 Å². The predicted octanol–water partition coefficient (Wildman–Crippen LogP) is 2.82. The highest BCUT2D eigenvalue weighted by molar-refractivity contribution is 5.42. The second kappa shape index (κ2) is 5.45. The fourth-order valence-corrected chi connectivity index (χ4v) is 1.62. The topological polar surface area (TPSA) is 104 Å². The van der Waals surface area contributed by atoms with Crippen molar-refractivity contribution in [2.45, 2.75) is 6.61 Å².